The molecule has 20 heavy (non-hydrogen) atoms. The summed E-state index contributed by atoms with van der Waals surface area (Å²) >= 11 is 0. The van der Waals surface area contributed by atoms with E-state index in [1.807, 2.05) is 5.43 Å². The number of amides is 2. The number of nitrogens with zero attached hydrogens (tertiary/aromatic N) is 2. The molecule has 0 aromatic carbocycles. The van der Waals surface area contributed by atoms with Crippen molar-refractivity contribution in [2.75, 3.05) is 0 Å². The Morgan fingerprint density at radius 2 is 2.25 bits per heavy atom. The molecule has 108 valence electrons. The molecule has 0 saturated carbocycles. The molecule has 0 aliphatic heterocycles. The van der Waals surface area contributed by atoms with Crippen LogP contribution < -0.4 is 22.4 Å². The highest BCUT2D eigenvalue weighted by Gasteiger charge is 2.18. The summed E-state index contributed by atoms with van der Waals surface area (Å²) in [7, 11) is 0. The molecule has 0 aliphatic rings. The Morgan fingerprint density at radius 1 is 1.60 bits per heavy atom. The minimum absolute atomic E-state index is 0.00862. The average molecular weight is 281 g/mol. The highest BCUT2D eigenvalue weighted by Crippen LogP contribution is 2.12. The number of carbonyl (C=O) groups excluding carboxylic acids is 1. The fourth-order valence-electron chi connectivity index (χ4n) is 1.55. The lowest BCUT2D eigenvalue weighted by atomic mass is 10.1. The summed E-state index contributed by atoms with van der Waals surface area (Å²) < 4.78 is 0.916. The Bertz CT molecular complexity index is 670. The van der Waals surface area contributed by atoms with Crippen LogP contribution in [0.3, 0.4) is 0 Å². The SMILES string of the molecule is C=CCn1c(O)c(C(CC)=NNC(N)=O)c(=O)[nH]c1=O. The number of H-pyrrole nitrogens is 1. The largest absolute Gasteiger partial charge is 0.494 e. The standard InChI is InChI=1S/C11H15N5O4/c1-3-5-16-9(18)7(8(17)13-11(16)20)6(4-2)14-15-10(12)19/h3,18H,1,4-5H2,2H3,(H3,12,15,19)(H,13,17,20). The zero-order chi connectivity index (χ0) is 15.3. The Hall–Kier alpha value is -2.84. The number of urea groups is 1. The molecule has 2 amide bonds. The van der Waals surface area contributed by atoms with E-state index in [1.165, 1.54) is 6.08 Å². The van der Waals surface area contributed by atoms with E-state index in [4.69, 9.17) is 5.73 Å². The second-order valence-corrected chi connectivity index (χ2v) is 3.75. The van der Waals surface area contributed by atoms with Gasteiger partial charge in [-0.25, -0.2) is 15.0 Å². The van der Waals surface area contributed by atoms with Crippen molar-refractivity contribution in [2.24, 2.45) is 10.8 Å². The number of carbonyl (C=O) groups is 1. The van der Waals surface area contributed by atoms with Gasteiger partial charge in [-0.15, -0.1) is 6.58 Å². The lowest BCUT2D eigenvalue weighted by Crippen LogP contribution is -2.34. The molecule has 0 saturated heterocycles. The van der Waals surface area contributed by atoms with Crippen LogP contribution in [0.5, 0.6) is 5.88 Å². The molecule has 0 radical (unpaired) electrons. The molecule has 5 N–H and O–H groups in total. The van der Waals surface area contributed by atoms with E-state index >= 15 is 0 Å². The van der Waals surface area contributed by atoms with Crippen LogP contribution in [0.4, 0.5) is 4.79 Å². The summed E-state index contributed by atoms with van der Waals surface area (Å²) in [5.41, 5.74) is 5.15. The fraction of sp³-hybridized carbons (Fsp3) is 0.273. The maximum atomic E-state index is 11.8. The molecule has 0 spiro atoms. The van der Waals surface area contributed by atoms with E-state index < -0.39 is 23.2 Å². The Kier molecular flexibility index (Phi) is 4.84. The number of hydrogen-bond acceptors (Lipinski definition) is 5. The topological polar surface area (TPSA) is 143 Å². The van der Waals surface area contributed by atoms with Crippen molar-refractivity contribution in [3.8, 4) is 5.88 Å². The van der Waals surface area contributed by atoms with Gasteiger partial charge in [0.1, 0.15) is 5.56 Å². The Labute approximate surface area is 113 Å². The third kappa shape index (κ3) is 3.13. The molecule has 0 atom stereocenters. The summed E-state index contributed by atoms with van der Waals surface area (Å²) in [5, 5.41) is 13.7. The first kappa shape index (κ1) is 15.2. The maximum Gasteiger partial charge on any atom is 0.332 e. The summed E-state index contributed by atoms with van der Waals surface area (Å²) in [6.07, 6.45) is 1.61. The number of hydrazone groups is 1. The van der Waals surface area contributed by atoms with Gasteiger partial charge in [-0.1, -0.05) is 13.0 Å². The number of allylic oxidation sites excluding steroid dienone is 1. The molecular weight excluding hydrogens is 266 g/mol. The van der Waals surface area contributed by atoms with E-state index in [1.54, 1.807) is 6.92 Å². The van der Waals surface area contributed by atoms with Crippen LogP contribution in [0, 0.1) is 0 Å². The zero-order valence-electron chi connectivity index (χ0n) is 10.8. The number of hydrogen-bond donors (Lipinski definition) is 4. The van der Waals surface area contributed by atoms with Crippen molar-refractivity contribution >= 4 is 11.7 Å². The van der Waals surface area contributed by atoms with Crippen LogP contribution >= 0.6 is 0 Å². The van der Waals surface area contributed by atoms with Crippen molar-refractivity contribution in [3.63, 3.8) is 0 Å². The van der Waals surface area contributed by atoms with Gasteiger partial charge in [0, 0.05) is 6.54 Å². The van der Waals surface area contributed by atoms with Crippen LogP contribution in [0.2, 0.25) is 0 Å². The second kappa shape index (κ2) is 6.36. The molecule has 0 bridgehead atoms. The van der Waals surface area contributed by atoms with Gasteiger partial charge in [-0.3, -0.25) is 14.3 Å². The molecular formula is C11H15N5O4. The third-order valence-electron chi connectivity index (χ3n) is 2.41. The minimum Gasteiger partial charge on any atom is -0.494 e. The summed E-state index contributed by atoms with van der Waals surface area (Å²) in [5.74, 6) is -0.550. The number of rotatable bonds is 5. The Morgan fingerprint density at radius 3 is 2.75 bits per heavy atom. The van der Waals surface area contributed by atoms with Crippen LogP contribution in [-0.4, -0.2) is 26.4 Å². The first-order valence-corrected chi connectivity index (χ1v) is 5.71. The summed E-state index contributed by atoms with van der Waals surface area (Å²) in [6, 6.07) is -0.911. The number of aromatic amines is 1. The van der Waals surface area contributed by atoms with Gasteiger partial charge in [0.05, 0.1) is 5.71 Å². The van der Waals surface area contributed by atoms with Crippen molar-refractivity contribution in [1.29, 1.82) is 0 Å². The molecule has 0 fully saturated rings. The zero-order valence-corrected chi connectivity index (χ0v) is 10.8. The predicted molar refractivity (Wildman–Crippen MR) is 72.7 cm³/mol. The van der Waals surface area contributed by atoms with E-state index in [0.29, 0.717) is 0 Å². The number of primary amides is 1. The molecule has 0 aliphatic carbocycles. The molecule has 1 aromatic heterocycles. The van der Waals surface area contributed by atoms with Crippen molar-refractivity contribution in [1.82, 2.24) is 15.0 Å². The molecule has 0 unspecified atom stereocenters. The van der Waals surface area contributed by atoms with E-state index in [0.717, 1.165) is 4.57 Å². The molecule has 9 heteroatoms. The first-order chi connectivity index (χ1) is 9.42. The quantitative estimate of drug-likeness (QED) is 0.318. The van der Waals surface area contributed by atoms with Gasteiger partial charge >= 0.3 is 11.7 Å². The maximum absolute atomic E-state index is 11.8. The highest BCUT2D eigenvalue weighted by molar-refractivity contribution is 6.02. The van der Waals surface area contributed by atoms with Crippen molar-refractivity contribution in [2.45, 2.75) is 19.9 Å². The smallest absolute Gasteiger partial charge is 0.332 e. The van der Waals surface area contributed by atoms with Crippen molar-refractivity contribution < 1.29 is 9.90 Å². The molecule has 9 nitrogen and oxygen atoms in total. The molecule has 1 aromatic rings. The van der Waals surface area contributed by atoms with E-state index in [9.17, 15) is 19.5 Å². The second-order valence-electron chi connectivity index (χ2n) is 3.75. The van der Waals surface area contributed by atoms with Gasteiger partial charge < -0.3 is 10.8 Å². The first-order valence-electron chi connectivity index (χ1n) is 5.71. The number of nitrogens with two attached hydrogens (primary N) is 1. The average Bonchev–Trinajstić information content (AvgIpc) is 2.37. The highest BCUT2D eigenvalue weighted by atomic mass is 16.3. The van der Waals surface area contributed by atoms with Gasteiger partial charge in [0.2, 0.25) is 5.88 Å². The monoisotopic (exact) mass is 281 g/mol. The van der Waals surface area contributed by atoms with Gasteiger partial charge in [0.15, 0.2) is 0 Å². The number of aromatic nitrogens is 2. The van der Waals surface area contributed by atoms with Crippen LogP contribution in [0.1, 0.15) is 18.9 Å². The molecule has 1 heterocycles. The predicted octanol–water partition coefficient (Wildman–Crippen LogP) is -0.789. The lowest BCUT2D eigenvalue weighted by molar-refractivity contribution is 0.249. The van der Waals surface area contributed by atoms with Gasteiger partial charge in [0.25, 0.3) is 5.56 Å². The van der Waals surface area contributed by atoms with Crippen LogP contribution in [-0.2, 0) is 6.54 Å². The van der Waals surface area contributed by atoms with E-state index in [2.05, 4.69) is 16.7 Å². The van der Waals surface area contributed by atoms with E-state index in [-0.39, 0.29) is 24.2 Å². The van der Waals surface area contributed by atoms with Crippen molar-refractivity contribution in [3.05, 3.63) is 39.1 Å². The summed E-state index contributed by atoms with van der Waals surface area (Å²) in [6.45, 7) is 5.11. The minimum atomic E-state index is -0.911. The normalized spacial score (nSPS) is 11.2. The van der Waals surface area contributed by atoms with Crippen LogP contribution in [0.25, 0.3) is 0 Å². The summed E-state index contributed by atoms with van der Waals surface area (Å²) in [4.78, 5) is 36.0. The lowest BCUT2D eigenvalue weighted by Gasteiger charge is -2.10. The third-order valence-corrected chi connectivity index (χ3v) is 2.41. The van der Waals surface area contributed by atoms with Gasteiger partial charge in [-0.05, 0) is 6.42 Å². The number of nitrogens with one attached hydrogen (secondary N) is 2. The Balaban J connectivity index is 3.50. The fourth-order valence-corrected chi connectivity index (χ4v) is 1.55. The van der Waals surface area contributed by atoms with Crippen LogP contribution in [0.15, 0.2) is 27.3 Å². The number of aromatic hydroxyl groups is 1. The van der Waals surface area contributed by atoms with Gasteiger partial charge in [-0.2, -0.15) is 5.10 Å². The molecule has 1 rings (SSSR count).